The Bertz CT molecular complexity index is 583. The van der Waals surface area contributed by atoms with Crippen molar-refractivity contribution < 1.29 is 9.84 Å². The zero-order valence-electron chi connectivity index (χ0n) is 10.6. The molecule has 5 nitrogen and oxygen atoms in total. The van der Waals surface area contributed by atoms with Gasteiger partial charge in [-0.2, -0.15) is 0 Å². The molecule has 0 saturated carbocycles. The van der Waals surface area contributed by atoms with Crippen molar-refractivity contribution in [2.75, 3.05) is 6.61 Å². The molecule has 0 fully saturated rings. The Balaban J connectivity index is 2.34. The quantitative estimate of drug-likeness (QED) is 0.725. The average Bonchev–Trinajstić information content (AvgIpc) is 2.38. The van der Waals surface area contributed by atoms with Gasteiger partial charge in [0, 0.05) is 6.08 Å². The Morgan fingerprint density at radius 1 is 1.26 bits per heavy atom. The van der Waals surface area contributed by atoms with Crippen LogP contribution in [0.25, 0.3) is 0 Å². The summed E-state index contributed by atoms with van der Waals surface area (Å²) in [6, 6.07) is 6.47. The van der Waals surface area contributed by atoms with Crippen molar-refractivity contribution in [2.24, 2.45) is 10.7 Å². The minimum Gasteiger partial charge on any atom is -0.508 e. The van der Waals surface area contributed by atoms with Gasteiger partial charge in [-0.15, -0.1) is 0 Å². The van der Waals surface area contributed by atoms with Crippen molar-refractivity contribution in [3.8, 4) is 5.75 Å². The number of hydrogen-bond acceptors (Lipinski definition) is 5. The predicted octanol–water partition coefficient (Wildman–Crippen LogP) is 2.26. The summed E-state index contributed by atoms with van der Waals surface area (Å²) in [6.07, 6.45) is 3.16. The molecule has 1 aliphatic rings. The van der Waals surface area contributed by atoms with E-state index in [2.05, 4.69) is 4.99 Å². The summed E-state index contributed by atoms with van der Waals surface area (Å²) >= 11 is 0. The summed E-state index contributed by atoms with van der Waals surface area (Å²) in [5.41, 5.74) is 7.72. The molecule has 5 heteroatoms. The van der Waals surface area contributed by atoms with E-state index in [1.807, 2.05) is 6.92 Å². The van der Waals surface area contributed by atoms with Gasteiger partial charge in [-0.25, -0.2) is 4.99 Å². The highest BCUT2D eigenvalue weighted by molar-refractivity contribution is 6.22. The maximum Gasteiger partial charge on any atom is 0.146 e. The van der Waals surface area contributed by atoms with E-state index in [1.54, 1.807) is 30.3 Å². The minimum atomic E-state index is 0.184. The molecule has 19 heavy (non-hydrogen) atoms. The van der Waals surface area contributed by atoms with Crippen molar-refractivity contribution >= 4 is 17.1 Å². The highest BCUT2D eigenvalue weighted by Gasteiger charge is 2.15. The number of hydrogen-bond donors (Lipinski definition) is 3. The molecular formula is C14H15N3O2. The molecule has 1 aromatic carbocycles. The smallest absolute Gasteiger partial charge is 0.146 e. The summed E-state index contributed by atoms with van der Waals surface area (Å²) in [4.78, 5) is 4.37. The lowest BCUT2D eigenvalue weighted by molar-refractivity contribution is 0.250. The van der Waals surface area contributed by atoms with E-state index in [1.165, 1.54) is 6.08 Å². The molecular weight excluding hydrogens is 242 g/mol. The fourth-order valence-corrected chi connectivity index (χ4v) is 1.62. The van der Waals surface area contributed by atoms with Gasteiger partial charge >= 0.3 is 0 Å². The average molecular weight is 257 g/mol. The summed E-state index contributed by atoms with van der Waals surface area (Å²) < 4.78 is 5.35. The molecule has 0 amide bonds. The van der Waals surface area contributed by atoms with Crippen molar-refractivity contribution in [2.45, 2.75) is 6.92 Å². The van der Waals surface area contributed by atoms with Crippen LogP contribution in [0.1, 0.15) is 6.92 Å². The second-order valence-corrected chi connectivity index (χ2v) is 3.97. The fraction of sp³-hybridized carbons (Fsp3) is 0.143. The molecule has 1 aromatic rings. The molecule has 98 valence electrons. The van der Waals surface area contributed by atoms with Gasteiger partial charge in [0.05, 0.1) is 29.4 Å². The van der Waals surface area contributed by atoms with Crippen LogP contribution in [0.2, 0.25) is 0 Å². The van der Waals surface area contributed by atoms with E-state index in [-0.39, 0.29) is 11.5 Å². The topological polar surface area (TPSA) is 91.7 Å². The third-order valence-electron chi connectivity index (χ3n) is 2.53. The first-order valence-corrected chi connectivity index (χ1v) is 5.89. The van der Waals surface area contributed by atoms with Gasteiger partial charge in [0.2, 0.25) is 0 Å². The van der Waals surface area contributed by atoms with Gasteiger partial charge < -0.3 is 15.6 Å². The summed E-state index contributed by atoms with van der Waals surface area (Å²) in [6.45, 7) is 2.33. The van der Waals surface area contributed by atoms with Gasteiger partial charge in [0.25, 0.3) is 0 Å². The molecule has 0 spiro atoms. The monoisotopic (exact) mass is 257 g/mol. The third-order valence-corrected chi connectivity index (χ3v) is 2.53. The molecule has 2 rings (SSSR count). The highest BCUT2D eigenvalue weighted by Crippen LogP contribution is 2.19. The summed E-state index contributed by atoms with van der Waals surface area (Å²) in [5.74, 6) is 0.637. The number of aromatic hydroxyl groups is 1. The maximum absolute atomic E-state index is 9.22. The van der Waals surface area contributed by atoms with E-state index in [0.717, 1.165) is 0 Å². The zero-order chi connectivity index (χ0) is 13.8. The number of nitrogens with zero attached hydrogens (tertiary/aromatic N) is 1. The maximum atomic E-state index is 9.22. The number of rotatable bonds is 3. The van der Waals surface area contributed by atoms with Crippen LogP contribution in [-0.4, -0.2) is 23.1 Å². The molecule has 0 radical (unpaired) electrons. The van der Waals surface area contributed by atoms with Crippen LogP contribution in [0.15, 0.2) is 52.9 Å². The van der Waals surface area contributed by atoms with Gasteiger partial charge in [0.1, 0.15) is 11.5 Å². The zero-order valence-corrected chi connectivity index (χ0v) is 10.6. The van der Waals surface area contributed by atoms with E-state index in [4.69, 9.17) is 15.9 Å². The van der Waals surface area contributed by atoms with Crippen molar-refractivity contribution in [3.63, 3.8) is 0 Å². The van der Waals surface area contributed by atoms with Crippen LogP contribution in [0.4, 0.5) is 5.69 Å². The van der Waals surface area contributed by atoms with Crippen LogP contribution in [0.3, 0.4) is 0 Å². The Labute approximate surface area is 111 Å². The molecule has 0 unspecified atom stereocenters. The van der Waals surface area contributed by atoms with E-state index < -0.39 is 0 Å². The van der Waals surface area contributed by atoms with Crippen LogP contribution in [-0.2, 0) is 4.74 Å². The van der Waals surface area contributed by atoms with Crippen molar-refractivity contribution in [1.29, 1.82) is 5.41 Å². The second kappa shape index (κ2) is 5.39. The van der Waals surface area contributed by atoms with E-state index in [0.29, 0.717) is 29.5 Å². The number of nitrogens with two attached hydrogens (primary N) is 1. The highest BCUT2D eigenvalue weighted by atomic mass is 16.5. The number of phenolic OH excluding ortho intramolecular Hbond substituents is 1. The van der Waals surface area contributed by atoms with Gasteiger partial charge in [-0.1, -0.05) is 0 Å². The molecule has 0 bridgehead atoms. The Morgan fingerprint density at radius 3 is 2.58 bits per heavy atom. The number of nitrogens with one attached hydrogen (secondary N) is 1. The van der Waals surface area contributed by atoms with Gasteiger partial charge in [0.15, 0.2) is 0 Å². The number of ether oxygens (including phenoxy) is 1. The molecule has 0 heterocycles. The molecule has 0 aromatic heterocycles. The van der Waals surface area contributed by atoms with Crippen LogP contribution < -0.4 is 5.73 Å². The lowest BCUT2D eigenvalue weighted by Gasteiger charge is -2.14. The third kappa shape index (κ3) is 3.01. The summed E-state index contributed by atoms with van der Waals surface area (Å²) in [7, 11) is 0. The summed E-state index contributed by atoms with van der Waals surface area (Å²) in [5, 5.41) is 17.0. The minimum absolute atomic E-state index is 0.184. The first kappa shape index (κ1) is 12.9. The Hall–Kier alpha value is -2.56. The molecule has 4 N–H and O–H groups in total. The number of aliphatic imine (C=N–C) groups is 1. The van der Waals surface area contributed by atoms with Gasteiger partial charge in [-0.3, -0.25) is 5.41 Å². The lowest BCUT2D eigenvalue weighted by Crippen LogP contribution is -2.19. The molecule has 0 aliphatic heterocycles. The molecule has 1 aliphatic carbocycles. The fourth-order valence-electron chi connectivity index (χ4n) is 1.62. The van der Waals surface area contributed by atoms with Crippen LogP contribution >= 0.6 is 0 Å². The van der Waals surface area contributed by atoms with E-state index >= 15 is 0 Å². The second-order valence-electron chi connectivity index (χ2n) is 3.97. The van der Waals surface area contributed by atoms with Crippen molar-refractivity contribution in [3.05, 3.63) is 47.9 Å². The predicted molar refractivity (Wildman–Crippen MR) is 74.9 cm³/mol. The van der Waals surface area contributed by atoms with Gasteiger partial charge in [-0.05, 0) is 37.3 Å². The Kier molecular flexibility index (Phi) is 3.66. The van der Waals surface area contributed by atoms with Crippen LogP contribution in [0.5, 0.6) is 5.75 Å². The van der Waals surface area contributed by atoms with E-state index in [9.17, 15) is 5.11 Å². The standard InChI is InChI=1S/C14H15N3O2/c1-2-19-14-8-13(11(15)7-12(14)16)17-9-3-5-10(18)6-4-9/h3-8,16,18H,2,15H2,1H3. The molecule has 0 saturated heterocycles. The van der Waals surface area contributed by atoms with Crippen molar-refractivity contribution in [1.82, 2.24) is 0 Å². The number of benzene rings is 1. The Morgan fingerprint density at radius 2 is 1.95 bits per heavy atom. The normalized spacial score (nSPS) is 17.1. The SMILES string of the molecule is CCOC1=CC(=Nc2ccc(O)cc2)C(N)=CC1=N. The number of phenols is 1. The molecule has 0 atom stereocenters. The largest absolute Gasteiger partial charge is 0.508 e. The lowest BCUT2D eigenvalue weighted by atomic mass is 10.1. The first-order valence-electron chi connectivity index (χ1n) is 5.89. The van der Waals surface area contributed by atoms with Crippen LogP contribution in [0, 0.1) is 5.41 Å². The number of allylic oxidation sites excluding steroid dienone is 2. The first-order chi connectivity index (χ1) is 9.10.